The number of nitrogens with zero attached hydrogens (tertiary/aromatic N) is 3. The molecule has 2 heterocycles. The summed E-state index contributed by atoms with van der Waals surface area (Å²) in [6, 6.07) is 0. The van der Waals surface area contributed by atoms with Gasteiger partial charge in [-0.2, -0.15) is 0 Å². The zero-order valence-electron chi connectivity index (χ0n) is 12.3. The van der Waals surface area contributed by atoms with Gasteiger partial charge < -0.3 is 10.6 Å². The van der Waals surface area contributed by atoms with Gasteiger partial charge >= 0.3 is 0 Å². The molecule has 2 aromatic heterocycles. The average molecular weight is 437 g/mol. The highest BCUT2D eigenvalue weighted by molar-refractivity contribution is 14.0. The highest BCUT2D eigenvalue weighted by atomic mass is 127. The summed E-state index contributed by atoms with van der Waals surface area (Å²) >= 11 is 3.39. The van der Waals surface area contributed by atoms with Crippen LogP contribution >= 0.6 is 46.7 Å². The number of rotatable bonds is 5. The number of thiazole rings is 2. The van der Waals surface area contributed by atoms with E-state index in [1.54, 1.807) is 29.7 Å². The Morgan fingerprint density at radius 2 is 2.00 bits per heavy atom. The standard InChI is InChI=1S/C13H19N5S2.HI/c1-4-10-5-15-11(20-10)6-16-13(14-3)17-7-12-18-9(2)8-19-12;/h5,8H,4,6-7H2,1-3H3,(H2,14,16,17);1H. The van der Waals surface area contributed by atoms with Crippen LogP contribution in [-0.4, -0.2) is 23.0 Å². The second kappa shape index (κ2) is 9.31. The Kier molecular flexibility index (Phi) is 8.12. The Hall–Kier alpha value is -0.740. The van der Waals surface area contributed by atoms with Crippen LogP contribution in [-0.2, 0) is 19.5 Å². The van der Waals surface area contributed by atoms with Crippen molar-refractivity contribution in [3.8, 4) is 0 Å². The third-order valence-electron chi connectivity index (χ3n) is 2.65. The lowest BCUT2D eigenvalue weighted by molar-refractivity contribution is 0.800. The van der Waals surface area contributed by atoms with Crippen LogP contribution in [0, 0.1) is 6.92 Å². The van der Waals surface area contributed by atoms with Crippen molar-refractivity contribution >= 4 is 52.6 Å². The van der Waals surface area contributed by atoms with E-state index in [1.807, 2.05) is 13.1 Å². The van der Waals surface area contributed by atoms with E-state index in [2.05, 4.69) is 37.9 Å². The van der Waals surface area contributed by atoms with Gasteiger partial charge in [0.15, 0.2) is 5.96 Å². The van der Waals surface area contributed by atoms with Crippen LogP contribution in [0.1, 0.15) is 27.5 Å². The van der Waals surface area contributed by atoms with E-state index < -0.39 is 0 Å². The molecule has 0 aliphatic heterocycles. The minimum atomic E-state index is 0. The molecule has 0 fully saturated rings. The lowest BCUT2D eigenvalue weighted by Gasteiger charge is -2.09. The van der Waals surface area contributed by atoms with E-state index in [4.69, 9.17) is 0 Å². The van der Waals surface area contributed by atoms with Gasteiger partial charge in [0.2, 0.25) is 0 Å². The van der Waals surface area contributed by atoms with E-state index in [0.29, 0.717) is 13.1 Å². The summed E-state index contributed by atoms with van der Waals surface area (Å²) in [4.78, 5) is 14.3. The Balaban J connectivity index is 0.00000220. The van der Waals surface area contributed by atoms with Gasteiger partial charge in [-0.3, -0.25) is 4.99 Å². The summed E-state index contributed by atoms with van der Waals surface area (Å²) in [5.74, 6) is 0.770. The average Bonchev–Trinajstić information content (AvgIpc) is 3.08. The number of aromatic nitrogens is 2. The molecule has 0 unspecified atom stereocenters. The molecule has 0 aromatic carbocycles. The molecular formula is C13H20IN5S2. The quantitative estimate of drug-likeness (QED) is 0.429. The lowest BCUT2D eigenvalue weighted by atomic mass is 10.4. The Morgan fingerprint density at radius 3 is 2.52 bits per heavy atom. The van der Waals surface area contributed by atoms with Gasteiger partial charge in [0.1, 0.15) is 10.0 Å². The fourth-order valence-corrected chi connectivity index (χ4v) is 3.13. The summed E-state index contributed by atoms with van der Waals surface area (Å²) in [7, 11) is 1.77. The second-order valence-corrected chi connectivity index (χ2v) is 6.38. The normalized spacial score (nSPS) is 11.1. The maximum absolute atomic E-state index is 4.41. The van der Waals surface area contributed by atoms with E-state index in [9.17, 15) is 0 Å². The highest BCUT2D eigenvalue weighted by Gasteiger charge is 2.04. The molecule has 2 rings (SSSR count). The van der Waals surface area contributed by atoms with Gasteiger partial charge in [0, 0.05) is 29.2 Å². The van der Waals surface area contributed by atoms with Crippen molar-refractivity contribution in [1.82, 2.24) is 20.6 Å². The SMILES string of the molecule is CCc1cnc(CNC(=NC)NCc2nc(C)cs2)s1.I. The van der Waals surface area contributed by atoms with Gasteiger partial charge in [-0.05, 0) is 13.3 Å². The van der Waals surface area contributed by atoms with Crippen molar-refractivity contribution in [2.45, 2.75) is 33.4 Å². The van der Waals surface area contributed by atoms with E-state index in [-0.39, 0.29) is 24.0 Å². The van der Waals surface area contributed by atoms with Crippen molar-refractivity contribution in [3.05, 3.63) is 32.2 Å². The molecule has 0 saturated heterocycles. The molecule has 0 amide bonds. The first kappa shape index (κ1) is 18.3. The molecule has 116 valence electrons. The number of aryl methyl sites for hydroxylation is 2. The van der Waals surface area contributed by atoms with Crippen LogP contribution in [0.15, 0.2) is 16.6 Å². The first-order valence-electron chi connectivity index (χ1n) is 6.50. The number of nitrogens with one attached hydrogen (secondary N) is 2. The van der Waals surface area contributed by atoms with Gasteiger partial charge in [-0.25, -0.2) is 9.97 Å². The monoisotopic (exact) mass is 437 g/mol. The maximum atomic E-state index is 4.41. The van der Waals surface area contributed by atoms with E-state index in [0.717, 1.165) is 28.1 Å². The Labute approximate surface area is 150 Å². The third kappa shape index (κ3) is 5.87. The maximum Gasteiger partial charge on any atom is 0.191 e. The molecule has 21 heavy (non-hydrogen) atoms. The number of hydrogen-bond acceptors (Lipinski definition) is 5. The molecule has 0 aliphatic carbocycles. The molecule has 0 spiro atoms. The van der Waals surface area contributed by atoms with Crippen molar-refractivity contribution in [2.75, 3.05) is 7.05 Å². The predicted molar refractivity (Wildman–Crippen MR) is 101 cm³/mol. The summed E-state index contributed by atoms with van der Waals surface area (Å²) in [5.41, 5.74) is 1.06. The van der Waals surface area contributed by atoms with Crippen molar-refractivity contribution < 1.29 is 0 Å². The molecule has 0 radical (unpaired) electrons. The molecule has 8 heteroatoms. The van der Waals surface area contributed by atoms with Crippen LogP contribution in [0.25, 0.3) is 0 Å². The van der Waals surface area contributed by atoms with Crippen molar-refractivity contribution in [3.63, 3.8) is 0 Å². The summed E-state index contributed by atoms with van der Waals surface area (Å²) in [6.07, 6.45) is 2.98. The number of hydrogen-bond donors (Lipinski definition) is 2. The van der Waals surface area contributed by atoms with Gasteiger partial charge in [-0.15, -0.1) is 46.7 Å². The van der Waals surface area contributed by atoms with E-state index >= 15 is 0 Å². The van der Waals surface area contributed by atoms with Crippen LogP contribution in [0.2, 0.25) is 0 Å². The van der Waals surface area contributed by atoms with Gasteiger partial charge in [0.05, 0.1) is 13.1 Å². The smallest absolute Gasteiger partial charge is 0.191 e. The van der Waals surface area contributed by atoms with Gasteiger partial charge in [-0.1, -0.05) is 6.92 Å². The predicted octanol–water partition coefficient (Wildman–Crippen LogP) is 2.95. The summed E-state index contributed by atoms with van der Waals surface area (Å²) in [6.45, 7) is 5.53. The summed E-state index contributed by atoms with van der Waals surface area (Å²) in [5, 5.41) is 10.7. The van der Waals surface area contributed by atoms with Gasteiger partial charge in [0.25, 0.3) is 0 Å². The zero-order chi connectivity index (χ0) is 14.4. The minimum Gasteiger partial charge on any atom is -0.350 e. The fraction of sp³-hybridized carbons (Fsp3) is 0.462. The molecule has 5 nitrogen and oxygen atoms in total. The summed E-state index contributed by atoms with van der Waals surface area (Å²) < 4.78 is 0. The molecule has 2 aromatic rings. The van der Waals surface area contributed by atoms with Crippen molar-refractivity contribution in [1.29, 1.82) is 0 Å². The zero-order valence-corrected chi connectivity index (χ0v) is 16.3. The number of halogens is 1. The first-order valence-corrected chi connectivity index (χ1v) is 8.20. The fourth-order valence-electron chi connectivity index (χ4n) is 1.62. The molecule has 0 atom stereocenters. The largest absolute Gasteiger partial charge is 0.350 e. The topological polar surface area (TPSA) is 62.2 Å². The van der Waals surface area contributed by atoms with Crippen LogP contribution in [0.5, 0.6) is 0 Å². The molecule has 0 saturated carbocycles. The Bertz CT molecular complexity index is 579. The molecule has 2 N–H and O–H groups in total. The third-order valence-corrected chi connectivity index (χ3v) is 4.76. The second-order valence-electron chi connectivity index (χ2n) is 4.24. The molecule has 0 aliphatic rings. The van der Waals surface area contributed by atoms with Crippen LogP contribution in [0.4, 0.5) is 0 Å². The lowest BCUT2D eigenvalue weighted by Crippen LogP contribution is -2.36. The molecule has 0 bridgehead atoms. The number of aliphatic imine (C=N–C) groups is 1. The first-order chi connectivity index (χ1) is 9.71. The van der Waals surface area contributed by atoms with E-state index in [1.165, 1.54) is 4.88 Å². The minimum absolute atomic E-state index is 0. The molecular weight excluding hydrogens is 417 g/mol. The van der Waals surface area contributed by atoms with Crippen LogP contribution in [0.3, 0.4) is 0 Å². The van der Waals surface area contributed by atoms with Crippen molar-refractivity contribution in [2.24, 2.45) is 4.99 Å². The van der Waals surface area contributed by atoms with Crippen LogP contribution < -0.4 is 10.6 Å². The Morgan fingerprint density at radius 1 is 1.29 bits per heavy atom. The highest BCUT2D eigenvalue weighted by Crippen LogP contribution is 2.12. The number of guanidine groups is 1.